The Morgan fingerprint density at radius 3 is 2.85 bits per heavy atom. The lowest BCUT2D eigenvalue weighted by molar-refractivity contribution is 0.384. The number of nitrogens with two attached hydrogens (primary N) is 1. The molecular formula is C10H14FNO. The first-order valence-electron chi connectivity index (χ1n) is 4.31. The van der Waals surface area contributed by atoms with Crippen molar-refractivity contribution in [2.45, 2.75) is 12.8 Å². The number of methoxy groups -OCH3 is 1. The fraction of sp³-hybridized carbons (Fsp3) is 0.400. The highest BCUT2D eigenvalue weighted by atomic mass is 19.1. The molecule has 0 spiro atoms. The summed E-state index contributed by atoms with van der Waals surface area (Å²) in [5.74, 6) is 0.0352. The summed E-state index contributed by atoms with van der Waals surface area (Å²) in [5, 5.41) is 0. The van der Waals surface area contributed by atoms with Crippen molar-refractivity contribution in [3.05, 3.63) is 29.6 Å². The molecule has 0 bridgehead atoms. The number of hydrogen-bond donors (Lipinski definition) is 1. The van der Waals surface area contributed by atoms with E-state index in [1.54, 1.807) is 18.2 Å². The maximum Gasteiger partial charge on any atom is 0.168 e. The van der Waals surface area contributed by atoms with Gasteiger partial charge < -0.3 is 10.5 Å². The molecule has 0 atom stereocenters. The normalized spacial score (nSPS) is 10.1. The predicted molar refractivity (Wildman–Crippen MR) is 50.3 cm³/mol. The monoisotopic (exact) mass is 183 g/mol. The Hall–Kier alpha value is -1.09. The molecule has 3 heteroatoms. The van der Waals surface area contributed by atoms with E-state index in [2.05, 4.69) is 0 Å². The Labute approximate surface area is 77.5 Å². The molecule has 0 aromatic heterocycles. The zero-order valence-electron chi connectivity index (χ0n) is 7.72. The van der Waals surface area contributed by atoms with Crippen LogP contribution in [0.25, 0.3) is 0 Å². The SMILES string of the molecule is COc1cccc(CCCN)c1F. The van der Waals surface area contributed by atoms with Crippen LogP contribution in [0.4, 0.5) is 4.39 Å². The van der Waals surface area contributed by atoms with E-state index in [1.165, 1.54) is 7.11 Å². The molecule has 1 aromatic rings. The second kappa shape index (κ2) is 4.82. The molecule has 0 aliphatic heterocycles. The van der Waals surface area contributed by atoms with Crippen LogP contribution in [0.1, 0.15) is 12.0 Å². The lowest BCUT2D eigenvalue weighted by atomic mass is 10.1. The van der Waals surface area contributed by atoms with Crippen LogP contribution in [0.2, 0.25) is 0 Å². The third-order valence-electron chi connectivity index (χ3n) is 1.91. The van der Waals surface area contributed by atoms with E-state index in [-0.39, 0.29) is 5.82 Å². The quantitative estimate of drug-likeness (QED) is 0.771. The first kappa shape index (κ1) is 9.99. The number of benzene rings is 1. The summed E-state index contributed by atoms with van der Waals surface area (Å²) in [7, 11) is 1.46. The topological polar surface area (TPSA) is 35.2 Å². The van der Waals surface area contributed by atoms with Crippen molar-refractivity contribution in [3.8, 4) is 5.75 Å². The molecule has 0 unspecified atom stereocenters. The third kappa shape index (κ3) is 2.42. The molecule has 0 aliphatic carbocycles. The molecule has 0 aliphatic rings. The van der Waals surface area contributed by atoms with Crippen LogP contribution in [-0.2, 0) is 6.42 Å². The van der Waals surface area contributed by atoms with E-state index in [0.717, 1.165) is 6.42 Å². The van der Waals surface area contributed by atoms with E-state index < -0.39 is 0 Å². The lowest BCUT2D eigenvalue weighted by Gasteiger charge is -2.06. The smallest absolute Gasteiger partial charge is 0.168 e. The highest BCUT2D eigenvalue weighted by Gasteiger charge is 2.06. The third-order valence-corrected chi connectivity index (χ3v) is 1.91. The van der Waals surface area contributed by atoms with Gasteiger partial charge >= 0.3 is 0 Å². The largest absolute Gasteiger partial charge is 0.494 e. The number of aryl methyl sites for hydroxylation is 1. The zero-order chi connectivity index (χ0) is 9.68. The second-order valence-electron chi connectivity index (χ2n) is 2.83. The maximum absolute atomic E-state index is 13.4. The van der Waals surface area contributed by atoms with Gasteiger partial charge in [-0.2, -0.15) is 0 Å². The predicted octanol–water partition coefficient (Wildman–Crippen LogP) is 1.73. The van der Waals surface area contributed by atoms with Gasteiger partial charge in [-0.3, -0.25) is 0 Å². The minimum atomic E-state index is -0.265. The van der Waals surface area contributed by atoms with Crippen molar-refractivity contribution in [2.75, 3.05) is 13.7 Å². The summed E-state index contributed by atoms with van der Waals surface area (Å²) in [4.78, 5) is 0. The molecular weight excluding hydrogens is 169 g/mol. The summed E-state index contributed by atoms with van der Waals surface area (Å²) in [5.41, 5.74) is 6.01. The van der Waals surface area contributed by atoms with Crippen molar-refractivity contribution >= 4 is 0 Å². The molecule has 0 fully saturated rings. The summed E-state index contributed by atoms with van der Waals surface area (Å²) in [6, 6.07) is 5.16. The van der Waals surface area contributed by atoms with Crippen LogP contribution in [-0.4, -0.2) is 13.7 Å². The van der Waals surface area contributed by atoms with Crippen LogP contribution in [0.15, 0.2) is 18.2 Å². The molecule has 72 valence electrons. The molecule has 0 saturated heterocycles. The zero-order valence-corrected chi connectivity index (χ0v) is 7.72. The Morgan fingerprint density at radius 1 is 1.46 bits per heavy atom. The van der Waals surface area contributed by atoms with E-state index >= 15 is 0 Å². The minimum Gasteiger partial charge on any atom is -0.494 e. The summed E-state index contributed by atoms with van der Waals surface area (Å²) in [6.07, 6.45) is 1.46. The molecule has 0 radical (unpaired) electrons. The molecule has 0 amide bonds. The molecule has 0 saturated carbocycles. The van der Waals surface area contributed by atoms with Gasteiger partial charge in [0, 0.05) is 0 Å². The fourth-order valence-electron chi connectivity index (χ4n) is 1.20. The Morgan fingerprint density at radius 2 is 2.23 bits per heavy atom. The Kier molecular flexibility index (Phi) is 3.71. The molecule has 1 rings (SSSR count). The van der Waals surface area contributed by atoms with E-state index in [1.807, 2.05) is 0 Å². The molecule has 2 nitrogen and oxygen atoms in total. The van der Waals surface area contributed by atoms with Crippen molar-refractivity contribution in [2.24, 2.45) is 5.73 Å². The first-order chi connectivity index (χ1) is 6.29. The Bertz CT molecular complexity index is 276. The average Bonchev–Trinajstić information content (AvgIpc) is 2.16. The van der Waals surface area contributed by atoms with Crippen LogP contribution in [0.5, 0.6) is 5.75 Å². The summed E-state index contributed by atoms with van der Waals surface area (Å²) >= 11 is 0. The van der Waals surface area contributed by atoms with Crippen molar-refractivity contribution in [1.29, 1.82) is 0 Å². The van der Waals surface area contributed by atoms with Gasteiger partial charge in [0.05, 0.1) is 7.11 Å². The number of ether oxygens (including phenoxy) is 1. The van der Waals surface area contributed by atoms with Crippen LogP contribution in [0, 0.1) is 5.82 Å². The van der Waals surface area contributed by atoms with Gasteiger partial charge in [0.15, 0.2) is 11.6 Å². The number of hydrogen-bond acceptors (Lipinski definition) is 2. The number of halogens is 1. The van der Waals surface area contributed by atoms with Crippen molar-refractivity contribution in [1.82, 2.24) is 0 Å². The second-order valence-corrected chi connectivity index (χ2v) is 2.83. The maximum atomic E-state index is 13.4. The standard InChI is InChI=1S/C10H14FNO/c1-13-9-6-2-4-8(10(9)11)5-3-7-12/h2,4,6H,3,5,7,12H2,1H3. The van der Waals surface area contributed by atoms with E-state index in [0.29, 0.717) is 24.3 Å². The summed E-state index contributed by atoms with van der Waals surface area (Å²) in [6.45, 7) is 0.580. The minimum absolute atomic E-state index is 0.265. The van der Waals surface area contributed by atoms with Crippen LogP contribution < -0.4 is 10.5 Å². The van der Waals surface area contributed by atoms with Crippen LogP contribution >= 0.6 is 0 Å². The number of rotatable bonds is 4. The lowest BCUT2D eigenvalue weighted by Crippen LogP contribution is -2.02. The molecule has 0 heterocycles. The van der Waals surface area contributed by atoms with E-state index in [9.17, 15) is 4.39 Å². The van der Waals surface area contributed by atoms with Gasteiger partial charge in [0.1, 0.15) is 0 Å². The van der Waals surface area contributed by atoms with Gasteiger partial charge in [-0.1, -0.05) is 12.1 Å². The first-order valence-corrected chi connectivity index (χ1v) is 4.31. The fourth-order valence-corrected chi connectivity index (χ4v) is 1.20. The van der Waals surface area contributed by atoms with Crippen molar-refractivity contribution in [3.63, 3.8) is 0 Å². The Balaban J connectivity index is 2.81. The summed E-state index contributed by atoms with van der Waals surface area (Å²) < 4.78 is 18.3. The van der Waals surface area contributed by atoms with Gasteiger partial charge in [0.2, 0.25) is 0 Å². The van der Waals surface area contributed by atoms with Crippen molar-refractivity contribution < 1.29 is 9.13 Å². The van der Waals surface area contributed by atoms with Gasteiger partial charge in [-0.15, -0.1) is 0 Å². The average molecular weight is 183 g/mol. The van der Waals surface area contributed by atoms with Crippen LogP contribution in [0.3, 0.4) is 0 Å². The molecule has 13 heavy (non-hydrogen) atoms. The molecule has 2 N–H and O–H groups in total. The molecule has 1 aromatic carbocycles. The van der Waals surface area contributed by atoms with E-state index in [4.69, 9.17) is 10.5 Å². The highest BCUT2D eigenvalue weighted by molar-refractivity contribution is 5.31. The van der Waals surface area contributed by atoms with Gasteiger partial charge in [-0.05, 0) is 31.0 Å². The highest BCUT2D eigenvalue weighted by Crippen LogP contribution is 2.20. The van der Waals surface area contributed by atoms with Gasteiger partial charge in [-0.25, -0.2) is 4.39 Å². The van der Waals surface area contributed by atoms with Gasteiger partial charge in [0.25, 0.3) is 0 Å².